The van der Waals surface area contributed by atoms with Crippen molar-refractivity contribution in [2.75, 3.05) is 0 Å². The third-order valence-corrected chi connectivity index (χ3v) is 7.21. The number of nitro groups is 1. The van der Waals surface area contributed by atoms with Crippen molar-refractivity contribution < 1.29 is 19.2 Å². The van der Waals surface area contributed by atoms with E-state index < -0.39 is 10.9 Å². The lowest BCUT2D eigenvalue weighted by Gasteiger charge is -2.12. The normalized spacial score (nSPS) is 14.2. The Kier molecular flexibility index (Phi) is 7.70. The number of nitrogens with zero attached hydrogens (tertiary/aromatic N) is 2. The maximum atomic E-state index is 12.4. The summed E-state index contributed by atoms with van der Waals surface area (Å²) in [7, 11) is 0. The number of carbonyl (C=O) groups is 1. The molecule has 1 aliphatic rings. The van der Waals surface area contributed by atoms with Crippen molar-refractivity contribution in [3.05, 3.63) is 105 Å². The molecule has 1 heterocycles. The lowest BCUT2D eigenvalue weighted by atomic mass is 10.2. The van der Waals surface area contributed by atoms with Gasteiger partial charge in [0.1, 0.15) is 17.4 Å². The minimum atomic E-state index is -0.668. The molecule has 0 radical (unpaired) electrons. The molecule has 0 atom stereocenters. The predicted molar refractivity (Wildman–Crippen MR) is 144 cm³/mol. The SMILES string of the molecule is O=C1OC(c2ccc(Cl)c([N+](=O)[O-])c2)=N/C1=C\c1cc(Br)c(OCc2ccccc2I)c(Br)c1. The first-order chi connectivity index (χ1) is 16.2. The Bertz CT molecular complexity index is 1370. The average molecular weight is 719 g/mol. The van der Waals surface area contributed by atoms with Gasteiger partial charge in [-0.3, -0.25) is 10.1 Å². The average Bonchev–Trinajstić information content (AvgIpc) is 3.14. The Morgan fingerprint density at radius 1 is 1.15 bits per heavy atom. The van der Waals surface area contributed by atoms with Gasteiger partial charge in [-0.15, -0.1) is 0 Å². The Morgan fingerprint density at radius 3 is 2.53 bits per heavy atom. The van der Waals surface area contributed by atoms with E-state index in [0.29, 0.717) is 26.9 Å². The molecule has 0 spiro atoms. The highest BCUT2D eigenvalue weighted by molar-refractivity contribution is 14.1. The van der Waals surface area contributed by atoms with E-state index in [2.05, 4.69) is 59.4 Å². The molecular formula is C23H12Br2ClIN2O5. The minimum Gasteiger partial charge on any atom is -0.486 e. The van der Waals surface area contributed by atoms with E-state index in [9.17, 15) is 14.9 Å². The number of hydrogen-bond acceptors (Lipinski definition) is 6. The van der Waals surface area contributed by atoms with E-state index in [0.717, 1.165) is 9.13 Å². The van der Waals surface area contributed by atoms with E-state index in [-0.39, 0.29) is 27.9 Å². The van der Waals surface area contributed by atoms with Crippen LogP contribution in [0.4, 0.5) is 5.69 Å². The van der Waals surface area contributed by atoms with Crippen molar-refractivity contribution in [3.8, 4) is 5.75 Å². The maximum Gasteiger partial charge on any atom is 0.363 e. The van der Waals surface area contributed by atoms with E-state index >= 15 is 0 Å². The van der Waals surface area contributed by atoms with Crippen molar-refractivity contribution in [1.29, 1.82) is 0 Å². The van der Waals surface area contributed by atoms with Crippen molar-refractivity contribution in [1.82, 2.24) is 0 Å². The highest BCUT2D eigenvalue weighted by atomic mass is 127. The Labute approximate surface area is 229 Å². The zero-order valence-corrected chi connectivity index (χ0v) is 23.0. The lowest BCUT2D eigenvalue weighted by Crippen LogP contribution is -2.06. The summed E-state index contributed by atoms with van der Waals surface area (Å²) in [5, 5.41) is 11.1. The van der Waals surface area contributed by atoms with Crippen LogP contribution in [-0.4, -0.2) is 16.8 Å². The summed E-state index contributed by atoms with van der Waals surface area (Å²) in [6, 6.07) is 15.6. The largest absolute Gasteiger partial charge is 0.486 e. The summed E-state index contributed by atoms with van der Waals surface area (Å²) in [5.74, 6) is -0.0844. The quantitative estimate of drug-likeness (QED) is 0.0878. The van der Waals surface area contributed by atoms with Crippen molar-refractivity contribution in [3.63, 3.8) is 0 Å². The zero-order chi connectivity index (χ0) is 24.4. The Hall–Kier alpha value is -2.28. The first-order valence-electron chi connectivity index (χ1n) is 9.55. The molecule has 172 valence electrons. The van der Waals surface area contributed by atoms with Crippen molar-refractivity contribution in [2.45, 2.75) is 6.61 Å². The van der Waals surface area contributed by atoms with Crippen LogP contribution in [0.25, 0.3) is 6.08 Å². The molecule has 0 unspecified atom stereocenters. The molecule has 0 bridgehead atoms. The molecule has 0 N–H and O–H groups in total. The summed E-state index contributed by atoms with van der Waals surface area (Å²) >= 11 is 15.1. The number of hydrogen-bond donors (Lipinski definition) is 0. The number of rotatable bonds is 6. The van der Waals surface area contributed by atoms with E-state index in [1.807, 2.05) is 24.3 Å². The van der Waals surface area contributed by atoms with E-state index in [4.69, 9.17) is 21.1 Å². The summed E-state index contributed by atoms with van der Waals surface area (Å²) in [6.07, 6.45) is 1.55. The molecule has 4 rings (SSSR count). The number of esters is 1. The van der Waals surface area contributed by atoms with Gasteiger partial charge in [-0.1, -0.05) is 29.8 Å². The molecule has 34 heavy (non-hydrogen) atoms. The van der Waals surface area contributed by atoms with Gasteiger partial charge in [0.2, 0.25) is 5.90 Å². The second kappa shape index (κ2) is 10.5. The molecule has 3 aromatic rings. The summed E-state index contributed by atoms with van der Waals surface area (Å²) in [5.41, 5.74) is 1.75. The van der Waals surface area contributed by atoms with Crippen LogP contribution in [0.3, 0.4) is 0 Å². The number of halogens is 4. The fourth-order valence-corrected chi connectivity index (χ4v) is 5.22. The molecule has 0 amide bonds. The van der Waals surface area contributed by atoms with Crippen LogP contribution in [0.5, 0.6) is 5.75 Å². The monoisotopic (exact) mass is 716 g/mol. The van der Waals surface area contributed by atoms with Gasteiger partial charge < -0.3 is 9.47 Å². The number of carbonyl (C=O) groups excluding carboxylic acids is 1. The van der Waals surface area contributed by atoms with Crippen molar-refractivity contribution >= 4 is 89.7 Å². The van der Waals surface area contributed by atoms with Crippen LogP contribution in [0, 0.1) is 13.7 Å². The van der Waals surface area contributed by atoms with E-state index in [1.165, 1.54) is 18.2 Å². The topological polar surface area (TPSA) is 91.0 Å². The van der Waals surface area contributed by atoms with Crippen LogP contribution < -0.4 is 4.74 Å². The molecule has 0 aliphatic carbocycles. The number of benzene rings is 3. The molecule has 7 nitrogen and oxygen atoms in total. The maximum absolute atomic E-state index is 12.4. The molecular weight excluding hydrogens is 706 g/mol. The minimum absolute atomic E-state index is 0.0200. The van der Waals surface area contributed by atoms with Gasteiger partial charge in [0.05, 0.1) is 13.9 Å². The second-order valence-electron chi connectivity index (χ2n) is 6.95. The summed E-state index contributed by atoms with van der Waals surface area (Å²) in [6.45, 7) is 0.393. The molecule has 0 aromatic heterocycles. The summed E-state index contributed by atoms with van der Waals surface area (Å²) < 4.78 is 13.7. The Balaban J connectivity index is 1.58. The van der Waals surface area contributed by atoms with Crippen LogP contribution in [0.2, 0.25) is 5.02 Å². The third-order valence-electron chi connectivity index (χ3n) is 4.66. The van der Waals surface area contributed by atoms with Crippen LogP contribution in [0.15, 0.2) is 74.2 Å². The van der Waals surface area contributed by atoms with Gasteiger partial charge >= 0.3 is 5.97 Å². The third kappa shape index (κ3) is 5.51. The first kappa shape index (κ1) is 24.8. The molecule has 11 heteroatoms. The van der Waals surface area contributed by atoms with Gasteiger partial charge in [-0.05, 0) is 96.4 Å². The lowest BCUT2D eigenvalue weighted by molar-refractivity contribution is -0.384. The smallest absolute Gasteiger partial charge is 0.363 e. The van der Waals surface area contributed by atoms with Crippen LogP contribution in [-0.2, 0) is 16.1 Å². The number of nitro benzene ring substituents is 1. The van der Waals surface area contributed by atoms with Gasteiger partial charge in [-0.25, -0.2) is 9.79 Å². The number of cyclic esters (lactones) is 1. The zero-order valence-electron chi connectivity index (χ0n) is 16.9. The standard InChI is InChI=1S/C23H12Br2ClIN2O5/c24-15-7-12(8-16(25)21(15)33-11-14-3-1-2-4-18(14)27)9-19-23(30)34-22(28-19)13-5-6-17(26)20(10-13)29(31)32/h1-10H,11H2/b19-9-. The molecule has 1 aliphatic heterocycles. The summed E-state index contributed by atoms with van der Waals surface area (Å²) in [4.78, 5) is 27.1. The van der Waals surface area contributed by atoms with Gasteiger partial charge in [0.15, 0.2) is 5.70 Å². The number of ether oxygens (including phenoxy) is 2. The first-order valence-corrected chi connectivity index (χ1v) is 12.6. The fourth-order valence-electron chi connectivity index (χ4n) is 3.04. The molecule has 0 saturated heterocycles. The predicted octanol–water partition coefficient (Wildman–Crippen LogP) is 7.30. The molecule has 0 fully saturated rings. The second-order valence-corrected chi connectivity index (χ2v) is 10.2. The van der Waals surface area contributed by atoms with Crippen LogP contribution >= 0.6 is 66.1 Å². The highest BCUT2D eigenvalue weighted by Gasteiger charge is 2.26. The van der Waals surface area contributed by atoms with E-state index in [1.54, 1.807) is 18.2 Å². The van der Waals surface area contributed by atoms with Crippen LogP contribution in [0.1, 0.15) is 16.7 Å². The van der Waals surface area contributed by atoms with Gasteiger partial charge in [0.25, 0.3) is 5.69 Å². The van der Waals surface area contributed by atoms with Gasteiger partial charge in [0, 0.05) is 20.8 Å². The number of aliphatic imine (C=N–C) groups is 1. The Morgan fingerprint density at radius 2 is 1.85 bits per heavy atom. The fraction of sp³-hybridized carbons (Fsp3) is 0.0435. The highest BCUT2D eigenvalue weighted by Crippen LogP contribution is 2.36. The van der Waals surface area contributed by atoms with Gasteiger partial charge in [-0.2, -0.15) is 0 Å². The molecule has 3 aromatic carbocycles. The van der Waals surface area contributed by atoms with Crippen molar-refractivity contribution in [2.24, 2.45) is 4.99 Å². The molecule has 0 saturated carbocycles.